The summed E-state index contributed by atoms with van der Waals surface area (Å²) in [6.07, 6.45) is 4.14. The van der Waals surface area contributed by atoms with Crippen LogP contribution in [-0.4, -0.2) is 11.7 Å². The first kappa shape index (κ1) is 32.0. The smallest absolute Gasteiger partial charge is 0.0759 e. The van der Waals surface area contributed by atoms with Crippen LogP contribution in [0.4, 0.5) is 5.69 Å². The number of para-hydroxylation sites is 1. The van der Waals surface area contributed by atoms with Crippen molar-refractivity contribution in [3.63, 3.8) is 0 Å². The number of rotatable bonds is 5. The minimum atomic E-state index is -0.164. The molecule has 0 atom stereocenters. The predicted molar refractivity (Wildman–Crippen MR) is 232 cm³/mol. The third-order valence-electron chi connectivity index (χ3n) is 11.6. The van der Waals surface area contributed by atoms with E-state index in [0.717, 1.165) is 28.0 Å². The van der Waals surface area contributed by atoms with Crippen molar-refractivity contribution in [2.24, 2.45) is 4.99 Å². The topological polar surface area (TPSA) is 25.2 Å². The molecule has 0 amide bonds. The van der Waals surface area contributed by atoms with Crippen LogP contribution >= 0.6 is 0 Å². The van der Waals surface area contributed by atoms with Crippen molar-refractivity contribution >= 4 is 61.7 Å². The minimum Gasteiger partial charge on any atom is -0.264 e. The Balaban J connectivity index is 1.09. The second-order valence-corrected chi connectivity index (χ2v) is 15.0. The molecule has 0 bridgehead atoms. The van der Waals surface area contributed by atoms with Gasteiger partial charge in [-0.2, -0.15) is 0 Å². The average Bonchev–Trinajstić information content (AvgIpc) is 3.45. The minimum absolute atomic E-state index is 0.164. The number of hydrogen-bond acceptors (Lipinski definition) is 2. The second kappa shape index (κ2) is 12.2. The van der Waals surface area contributed by atoms with Crippen molar-refractivity contribution in [3.8, 4) is 44.6 Å². The highest BCUT2D eigenvalue weighted by atomic mass is 14.7. The zero-order valence-electron chi connectivity index (χ0n) is 30.7. The van der Waals surface area contributed by atoms with E-state index in [1.165, 1.54) is 82.2 Å². The molecule has 1 aliphatic carbocycles. The number of hydrogen-bond donors (Lipinski definition) is 0. The van der Waals surface area contributed by atoms with E-state index < -0.39 is 0 Å². The van der Waals surface area contributed by atoms with Gasteiger partial charge >= 0.3 is 0 Å². The molecule has 0 saturated heterocycles. The maximum absolute atomic E-state index is 5.25. The largest absolute Gasteiger partial charge is 0.264 e. The molecule has 256 valence electrons. The van der Waals surface area contributed by atoms with Gasteiger partial charge in [0, 0.05) is 21.9 Å². The normalized spacial score (nSPS) is 13.2. The molecule has 1 aliphatic rings. The van der Waals surface area contributed by atoms with E-state index >= 15 is 0 Å². The lowest BCUT2D eigenvalue weighted by molar-refractivity contribution is 0.662. The average molecular weight is 691 g/mol. The molecule has 0 N–H and O–H groups in total. The number of nitrogens with zero attached hydrogens (tertiary/aromatic N) is 2. The SMILES string of the molecule is C=Nc1ccc(-c2ccc3c4ccc(-c5ccc(-c6c7c(nc8ccccc68)-c6ccccc6C7(C)C)cc5)cc4c4ccccc4c3c2)cc1/C=C\C. The molecule has 10 rings (SSSR count). The molecule has 0 radical (unpaired) electrons. The lowest BCUT2D eigenvalue weighted by Gasteiger charge is -2.25. The third kappa shape index (κ3) is 4.80. The van der Waals surface area contributed by atoms with Crippen LogP contribution in [-0.2, 0) is 5.41 Å². The molecule has 0 saturated carbocycles. The summed E-state index contributed by atoms with van der Waals surface area (Å²) in [4.78, 5) is 9.48. The van der Waals surface area contributed by atoms with E-state index in [1.54, 1.807) is 0 Å². The Morgan fingerprint density at radius 2 is 1.07 bits per heavy atom. The Hall–Kier alpha value is -6.64. The molecule has 2 heteroatoms. The van der Waals surface area contributed by atoms with Gasteiger partial charge in [0.1, 0.15) is 0 Å². The monoisotopic (exact) mass is 690 g/mol. The fourth-order valence-corrected chi connectivity index (χ4v) is 9.02. The predicted octanol–water partition coefficient (Wildman–Crippen LogP) is 14.4. The summed E-state index contributed by atoms with van der Waals surface area (Å²) in [5.41, 5.74) is 15.1. The van der Waals surface area contributed by atoms with Crippen LogP contribution in [0.25, 0.3) is 93.9 Å². The maximum Gasteiger partial charge on any atom is 0.0759 e. The second-order valence-electron chi connectivity index (χ2n) is 15.0. The summed E-state index contributed by atoms with van der Waals surface area (Å²) in [6.45, 7) is 10.5. The fourth-order valence-electron chi connectivity index (χ4n) is 9.02. The van der Waals surface area contributed by atoms with Crippen LogP contribution in [0, 0.1) is 0 Å². The first-order chi connectivity index (χ1) is 26.4. The quantitative estimate of drug-likeness (QED) is 0.130. The van der Waals surface area contributed by atoms with Gasteiger partial charge in [0.05, 0.1) is 16.9 Å². The third-order valence-corrected chi connectivity index (χ3v) is 11.6. The number of pyridine rings is 1. The summed E-state index contributed by atoms with van der Waals surface area (Å²) in [7, 11) is 0. The van der Waals surface area contributed by atoms with Gasteiger partial charge in [-0.1, -0.05) is 147 Å². The standard InChI is InChI=1S/C52H38N2/c1-5-12-37-29-34(25-28-47(37)53-4)36-24-27-41-40-26-23-35(30-44(40)38-13-6-7-14-39(38)45(41)31-36)32-19-21-33(22-20-32)49-43-16-9-11-18-48(43)54-51-42-15-8-10-17-46(42)52(2,3)50(49)51/h5-31H,4H2,1-3H3/b12-5-. The molecule has 8 aromatic carbocycles. The van der Waals surface area contributed by atoms with Crippen LogP contribution < -0.4 is 0 Å². The Bertz CT molecular complexity index is 3020. The van der Waals surface area contributed by atoms with Crippen LogP contribution in [0.5, 0.6) is 0 Å². The van der Waals surface area contributed by atoms with Gasteiger partial charge in [-0.25, -0.2) is 4.98 Å². The molecule has 0 fully saturated rings. The summed E-state index contributed by atoms with van der Waals surface area (Å²) >= 11 is 0. The molecular formula is C52H38N2. The summed E-state index contributed by atoms with van der Waals surface area (Å²) in [6, 6.07) is 55.6. The van der Waals surface area contributed by atoms with E-state index in [-0.39, 0.29) is 5.41 Å². The first-order valence-corrected chi connectivity index (χ1v) is 18.7. The van der Waals surface area contributed by atoms with Gasteiger partial charge in [-0.3, -0.25) is 4.99 Å². The zero-order chi connectivity index (χ0) is 36.6. The molecule has 1 aromatic heterocycles. The number of allylic oxidation sites excluding steroid dienone is 1. The first-order valence-electron chi connectivity index (χ1n) is 18.7. The molecule has 0 aliphatic heterocycles. The van der Waals surface area contributed by atoms with Crippen molar-refractivity contribution in [1.82, 2.24) is 4.98 Å². The van der Waals surface area contributed by atoms with E-state index in [0.29, 0.717) is 0 Å². The number of benzene rings is 8. The lowest BCUT2D eigenvalue weighted by Crippen LogP contribution is -2.16. The lowest BCUT2D eigenvalue weighted by atomic mass is 9.78. The van der Waals surface area contributed by atoms with Gasteiger partial charge in [-0.05, 0) is 121 Å². The van der Waals surface area contributed by atoms with Crippen LogP contribution in [0.1, 0.15) is 37.5 Å². The summed E-state index contributed by atoms with van der Waals surface area (Å²) in [5, 5.41) is 8.76. The van der Waals surface area contributed by atoms with E-state index in [1.807, 2.05) is 13.0 Å². The molecule has 0 spiro atoms. The van der Waals surface area contributed by atoms with Crippen molar-refractivity contribution in [2.45, 2.75) is 26.2 Å². The Kier molecular flexibility index (Phi) is 7.25. The van der Waals surface area contributed by atoms with Gasteiger partial charge in [0.15, 0.2) is 0 Å². The molecule has 0 unspecified atom stereocenters. The van der Waals surface area contributed by atoms with Crippen molar-refractivity contribution in [1.29, 1.82) is 0 Å². The van der Waals surface area contributed by atoms with Crippen molar-refractivity contribution in [3.05, 3.63) is 174 Å². The molecule has 1 heterocycles. The highest BCUT2D eigenvalue weighted by Gasteiger charge is 2.39. The van der Waals surface area contributed by atoms with Crippen molar-refractivity contribution < 1.29 is 0 Å². The summed E-state index contributed by atoms with van der Waals surface area (Å²) < 4.78 is 0. The fraction of sp³-hybridized carbons (Fsp3) is 0.0769. The Morgan fingerprint density at radius 1 is 0.537 bits per heavy atom. The van der Waals surface area contributed by atoms with Crippen LogP contribution in [0.2, 0.25) is 0 Å². The van der Waals surface area contributed by atoms with E-state index in [4.69, 9.17) is 4.98 Å². The van der Waals surface area contributed by atoms with Gasteiger partial charge < -0.3 is 0 Å². The van der Waals surface area contributed by atoms with Gasteiger partial charge in [0.2, 0.25) is 0 Å². The number of aliphatic imine (C=N–C) groups is 1. The number of aromatic nitrogens is 1. The molecule has 9 aromatic rings. The van der Waals surface area contributed by atoms with E-state index in [9.17, 15) is 0 Å². The van der Waals surface area contributed by atoms with Crippen molar-refractivity contribution in [2.75, 3.05) is 0 Å². The molecular weight excluding hydrogens is 653 g/mol. The van der Waals surface area contributed by atoms with Gasteiger partial charge in [0.25, 0.3) is 0 Å². The van der Waals surface area contributed by atoms with Gasteiger partial charge in [-0.15, -0.1) is 0 Å². The number of fused-ring (bicyclic) bond motifs is 10. The zero-order valence-corrected chi connectivity index (χ0v) is 30.7. The van der Waals surface area contributed by atoms with Crippen LogP contribution in [0.3, 0.4) is 0 Å². The Morgan fingerprint density at radius 3 is 1.76 bits per heavy atom. The highest BCUT2D eigenvalue weighted by Crippen LogP contribution is 2.53. The Labute approximate surface area is 315 Å². The van der Waals surface area contributed by atoms with Crippen LogP contribution in [0.15, 0.2) is 163 Å². The summed E-state index contributed by atoms with van der Waals surface area (Å²) in [5.74, 6) is 0. The maximum atomic E-state index is 5.25. The molecule has 2 nitrogen and oxygen atoms in total. The van der Waals surface area contributed by atoms with E-state index in [2.05, 4.69) is 183 Å². The molecule has 54 heavy (non-hydrogen) atoms. The highest BCUT2D eigenvalue weighted by molar-refractivity contribution is 6.26.